The van der Waals surface area contributed by atoms with Crippen LogP contribution in [0, 0.1) is 6.92 Å². The van der Waals surface area contributed by atoms with Crippen molar-refractivity contribution >= 4 is 12.0 Å². The fourth-order valence-corrected chi connectivity index (χ4v) is 1.27. The zero-order valence-corrected chi connectivity index (χ0v) is 8.03. The second-order valence-corrected chi connectivity index (χ2v) is 3.21. The van der Waals surface area contributed by atoms with Crippen molar-refractivity contribution in [3.8, 4) is 0 Å². The summed E-state index contributed by atoms with van der Waals surface area (Å²) < 4.78 is 10.3. The van der Waals surface area contributed by atoms with Crippen LogP contribution in [0.15, 0.2) is 34.0 Å². The van der Waals surface area contributed by atoms with Crippen molar-refractivity contribution in [2.45, 2.75) is 13.8 Å². The van der Waals surface area contributed by atoms with Gasteiger partial charge in [0.25, 0.3) is 0 Å². The highest BCUT2D eigenvalue weighted by molar-refractivity contribution is 5.89. The molecule has 0 fully saturated rings. The van der Waals surface area contributed by atoms with Gasteiger partial charge in [-0.05, 0) is 31.6 Å². The maximum atomic E-state index is 10.9. The summed E-state index contributed by atoms with van der Waals surface area (Å²) in [5, 5.41) is 0. The number of hydrogen-bond donors (Lipinski definition) is 0. The van der Waals surface area contributed by atoms with Crippen LogP contribution in [0.3, 0.4) is 0 Å². The fraction of sp³-hybridized carbons (Fsp3) is 0.182. The van der Waals surface area contributed by atoms with Gasteiger partial charge in [-0.3, -0.25) is 0 Å². The third-order valence-corrected chi connectivity index (χ3v) is 1.97. The lowest BCUT2D eigenvalue weighted by Gasteiger charge is -1.96. The molecule has 0 saturated carbocycles. The van der Waals surface area contributed by atoms with Crippen LogP contribution < -0.4 is 0 Å². The van der Waals surface area contributed by atoms with Crippen molar-refractivity contribution in [1.29, 1.82) is 0 Å². The van der Waals surface area contributed by atoms with E-state index in [0.717, 1.165) is 11.3 Å². The lowest BCUT2D eigenvalue weighted by atomic mass is 10.2. The van der Waals surface area contributed by atoms with Gasteiger partial charge in [-0.1, -0.05) is 0 Å². The van der Waals surface area contributed by atoms with E-state index in [0.29, 0.717) is 11.5 Å². The second-order valence-electron chi connectivity index (χ2n) is 3.21. The molecule has 0 aliphatic carbocycles. The Balaban J connectivity index is 2.28. The maximum absolute atomic E-state index is 10.9. The largest absolute Gasteiger partial charge is 0.462 e. The molecule has 0 aromatic carbocycles. The average molecular weight is 190 g/mol. The Morgan fingerprint density at radius 3 is 2.57 bits per heavy atom. The van der Waals surface area contributed by atoms with E-state index < -0.39 is 0 Å². The predicted molar refractivity (Wildman–Crippen MR) is 51.3 cm³/mol. The minimum Gasteiger partial charge on any atom is -0.462 e. The molecular weight excluding hydrogens is 180 g/mol. The van der Waals surface area contributed by atoms with E-state index in [2.05, 4.69) is 0 Å². The number of esters is 1. The molecule has 0 spiro atoms. The minimum atomic E-state index is -0.322. The maximum Gasteiger partial charge on any atom is 0.336 e. The summed E-state index contributed by atoms with van der Waals surface area (Å²) in [6.45, 7) is 3.69. The number of aryl methyl sites for hydroxylation is 1. The Labute approximate surface area is 81.7 Å². The summed E-state index contributed by atoms with van der Waals surface area (Å²) in [4.78, 5) is 10.9. The van der Waals surface area contributed by atoms with Gasteiger partial charge in [0, 0.05) is 12.2 Å². The zero-order valence-electron chi connectivity index (χ0n) is 8.03. The summed E-state index contributed by atoms with van der Waals surface area (Å²) in [6, 6.07) is 3.70. The van der Waals surface area contributed by atoms with Gasteiger partial charge in [0.05, 0.1) is 0 Å². The number of carbonyl (C=O) groups is 1. The van der Waals surface area contributed by atoms with Gasteiger partial charge in [0.2, 0.25) is 0 Å². The molecule has 2 heterocycles. The number of ether oxygens (including phenoxy) is 1. The molecule has 1 aromatic heterocycles. The van der Waals surface area contributed by atoms with Crippen molar-refractivity contribution < 1.29 is 13.9 Å². The van der Waals surface area contributed by atoms with Crippen LogP contribution in [-0.4, -0.2) is 5.97 Å². The van der Waals surface area contributed by atoms with Crippen LogP contribution >= 0.6 is 0 Å². The quantitative estimate of drug-likeness (QED) is 0.638. The van der Waals surface area contributed by atoms with Crippen LogP contribution in [0.25, 0.3) is 6.08 Å². The molecule has 1 aliphatic heterocycles. The van der Waals surface area contributed by atoms with Gasteiger partial charge < -0.3 is 9.15 Å². The van der Waals surface area contributed by atoms with E-state index in [1.54, 1.807) is 6.08 Å². The highest BCUT2D eigenvalue weighted by Crippen LogP contribution is 2.22. The van der Waals surface area contributed by atoms with Crippen molar-refractivity contribution in [1.82, 2.24) is 0 Å². The Morgan fingerprint density at radius 2 is 2.07 bits per heavy atom. The molecule has 0 unspecified atom stereocenters. The average Bonchev–Trinajstić information content (AvgIpc) is 2.61. The molecule has 1 aromatic rings. The molecule has 72 valence electrons. The highest BCUT2D eigenvalue weighted by Gasteiger charge is 2.16. The van der Waals surface area contributed by atoms with E-state index >= 15 is 0 Å². The smallest absolute Gasteiger partial charge is 0.336 e. The molecule has 14 heavy (non-hydrogen) atoms. The normalized spacial score (nSPS) is 18.6. The summed E-state index contributed by atoms with van der Waals surface area (Å²) >= 11 is 0. The van der Waals surface area contributed by atoms with E-state index in [1.165, 1.54) is 6.08 Å². The lowest BCUT2D eigenvalue weighted by Crippen LogP contribution is -1.90. The number of carbonyl (C=O) groups excluding carboxylic acids is 1. The number of cyclic esters (lactones) is 1. The number of furan rings is 1. The van der Waals surface area contributed by atoms with E-state index in [-0.39, 0.29) is 5.97 Å². The SMILES string of the molecule is CC1=CC(=O)O/C1=C\c1ccc(C)o1. The molecule has 3 heteroatoms. The van der Waals surface area contributed by atoms with E-state index in [1.807, 2.05) is 26.0 Å². The monoisotopic (exact) mass is 190 g/mol. The van der Waals surface area contributed by atoms with Crippen LogP contribution in [0.5, 0.6) is 0 Å². The first-order chi connectivity index (χ1) is 6.65. The Hall–Kier alpha value is -1.77. The van der Waals surface area contributed by atoms with Crippen LogP contribution in [0.4, 0.5) is 0 Å². The molecule has 3 nitrogen and oxygen atoms in total. The molecule has 2 rings (SSSR count). The fourth-order valence-electron chi connectivity index (χ4n) is 1.27. The van der Waals surface area contributed by atoms with E-state index in [9.17, 15) is 4.79 Å². The van der Waals surface area contributed by atoms with E-state index in [4.69, 9.17) is 9.15 Å². The first-order valence-corrected chi connectivity index (χ1v) is 4.34. The summed E-state index contributed by atoms with van der Waals surface area (Å²) in [5.74, 6) is 1.77. The second kappa shape index (κ2) is 3.18. The summed E-state index contributed by atoms with van der Waals surface area (Å²) in [7, 11) is 0. The van der Waals surface area contributed by atoms with Crippen LogP contribution in [0.2, 0.25) is 0 Å². The van der Waals surface area contributed by atoms with Crippen molar-refractivity contribution in [2.75, 3.05) is 0 Å². The standard InChI is InChI=1S/C11H10O3/c1-7-5-11(12)14-10(7)6-9-4-3-8(2)13-9/h3-6H,1-2H3/b10-6-. The van der Waals surface area contributed by atoms with Gasteiger partial charge in [0.15, 0.2) is 0 Å². The van der Waals surface area contributed by atoms with Gasteiger partial charge in [-0.2, -0.15) is 0 Å². The first kappa shape index (κ1) is 8.81. The Morgan fingerprint density at radius 1 is 1.29 bits per heavy atom. The molecule has 0 N–H and O–H groups in total. The molecule has 0 saturated heterocycles. The van der Waals surface area contributed by atoms with Crippen molar-refractivity contribution in [3.05, 3.63) is 41.1 Å². The molecule has 0 amide bonds. The highest BCUT2D eigenvalue weighted by atomic mass is 16.5. The van der Waals surface area contributed by atoms with Crippen LogP contribution in [-0.2, 0) is 9.53 Å². The van der Waals surface area contributed by atoms with Gasteiger partial charge in [-0.15, -0.1) is 0 Å². The van der Waals surface area contributed by atoms with Crippen molar-refractivity contribution in [2.24, 2.45) is 0 Å². The zero-order chi connectivity index (χ0) is 10.1. The first-order valence-electron chi connectivity index (χ1n) is 4.34. The minimum absolute atomic E-state index is 0.322. The number of allylic oxidation sites excluding steroid dienone is 1. The predicted octanol–water partition coefficient (Wildman–Crippen LogP) is 2.43. The van der Waals surface area contributed by atoms with Crippen molar-refractivity contribution in [3.63, 3.8) is 0 Å². The molecule has 0 bridgehead atoms. The number of hydrogen-bond acceptors (Lipinski definition) is 3. The Bertz CT molecular complexity index is 435. The number of rotatable bonds is 1. The molecule has 1 aliphatic rings. The van der Waals surface area contributed by atoms with Gasteiger partial charge in [-0.25, -0.2) is 4.79 Å². The topological polar surface area (TPSA) is 39.4 Å². The third kappa shape index (κ3) is 1.62. The Kier molecular flexibility index (Phi) is 2.00. The van der Waals surface area contributed by atoms with Gasteiger partial charge >= 0.3 is 5.97 Å². The van der Waals surface area contributed by atoms with Crippen LogP contribution in [0.1, 0.15) is 18.4 Å². The summed E-state index contributed by atoms with van der Waals surface area (Å²) in [5.41, 5.74) is 0.823. The molecule has 0 atom stereocenters. The third-order valence-electron chi connectivity index (χ3n) is 1.97. The van der Waals surface area contributed by atoms with Gasteiger partial charge in [0.1, 0.15) is 17.3 Å². The molecular formula is C11H10O3. The lowest BCUT2D eigenvalue weighted by molar-refractivity contribution is -0.132. The summed E-state index contributed by atoms with van der Waals surface area (Å²) in [6.07, 6.45) is 3.17. The molecule has 0 radical (unpaired) electrons.